The highest BCUT2D eigenvalue weighted by Crippen LogP contribution is 2.49. The lowest BCUT2D eigenvalue weighted by molar-refractivity contribution is -0.124. The first kappa shape index (κ1) is 20.6. The Morgan fingerprint density at radius 1 is 1.20 bits per heavy atom. The van der Waals surface area contributed by atoms with Gasteiger partial charge in [0.1, 0.15) is 5.82 Å². The number of amides is 3. The van der Waals surface area contributed by atoms with Gasteiger partial charge in [-0.2, -0.15) is 0 Å². The number of hydrogen-bond acceptors (Lipinski definition) is 4. The molecule has 0 spiro atoms. The van der Waals surface area contributed by atoms with Crippen LogP contribution in [0.25, 0.3) is 6.08 Å². The summed E-state index contributed by atoms with van der Waals surface area (Å²) in [4.78, 5) is 38.3. The Kier molecular flexibility index (Phi) is 5.92. The molecule has 0 bridgehead atoms. The van der Waals surface area contributed by atoms with Gasteiger partial charge in [-0.15, -0.1) is 0 Å². The molecule has 2 fully saturated rings. The number of nitrogens with zero attached hydrogens (tertiary/aromatic N) is 1. The smallest absolute Gasteiger partial charge is 0.293 e. The van der Waals surface area contributed by atoms with Gasteiger partial charge in [-0.25, -0.2) is 4.39 Å². The molecule has 2 unspecified atom stereocenters. The molecule has 1 aliphatic heterocycles. The van der Waals surface area contributed by atoms with Gasteiger partial charge in [0.05, 0.1) is 4.91 Å². The van der Waals surface area contributed by atoms with E-state index in [2.05, 4.69) is 5.32 Å². The predicted molar refractivity (Wildman–Crippen MR) is 114 cm³/mol. The normalized spacial score (nSPS) is 21.9. The van der Waals surface area contributed by atoms with E-state index in [-0.39, 0.29) is 41.3 Å². The summed E-state index contributed by atoms with van der Waals surface area (Å²) in [5.74, 6) is -1.12. The summed E-state index contributed by atoms with van der Waals surface area (Å²) in [5.41, 5.74) is 1.21. The lowest BCUT2D eigenvalue weighted by Crippen LogP contribution is -2.37. The van der Waals surface area contributed by atoms with E-state index in [9.17, 15) is 18.8 Å². The Bertz CT molecular complexity index is 1060. The maximum Gasteiger partial charge on any atom is 0.293 e. The molecule has 1 heterocycles. The standard InChI is InChI=1S/C22H18ClFN2O3S/c23-17-7-3-2-6-14(17)15-12-16(15)20(27)25-9-10-26-21(28)19(30-22(26)29)11-13-5-1-4-8-18(13)24/h1-8,11,15-16H,9-10,12H2,(H,25,27)/b19-11+. The van der Waals surface area contributed by atoms with E-state index in [0.29, 0.717) is 5.02 Å². The molecular weight excluding hydrogens is 427 g/mol. The number of rotatable bonds is 6. The van der Waals surface area contributed by atoms with E-state index in [1.54, 1.807) is 18.2 Å². The molecule has 2 aromatic rings. The van der Waals surface area contributed by atoms with Crippen molar-refractivity contribution in [1.29, 1.82) is 0 Å². The quantitative estimate of drug-likeness (QED) is 0.669. The highest BCUT2D eigenvalue weighted by molar-refractivity contribution is 8.18. The topological polar surface area (TPSA) is 66.5 Å². The van der Waals surface area contributed by atoms with Crippen molar-refractivity contribution in [3.63, 3.8) is 0 Å². The average molecular weight is 445 g/mol. The zero-order valence-electron chi connectivity index (χ0n) is 15.8. The van der Waals surface area contributed by atoms with E-state index in [4.69, 9.17) is 11.6 Å². The number of nitrogens with one attached hydrogen (secondary N) is 1. The van der Waals surface area contributed by atoms with Crippen LogP contribution in [0.15, 0.2) is 53.4 Å². The van der Waals surface area contributed by atoms with Crippen LogP contribution in [-0.4, -0.2) is 35.0 Å². The number of thioether (sulfide) groups is 1. The molecule has 0 aromatic heterocycles. The van der Waals surface area contributed by atoms with Crippen molar-refractivity contribution < 1.29 is 18.8 Å². The maximum absolute atomic E-state index is 13.8. The summed E-state index contributed by atoms with van der Waals surface area (Å²) >= 11 is 6.96. The van der Waals surface area contributed by atoms with E-state index < -0.39 is 17.0 Å². The molecule has 3 amide bonds. The highest BCUT2D eigenvalue weighted by Gasteiger charge is 2.44. The second-order valence-corrected chi connectivity index (χ2v) is 8.52. The average Bonchev–Trinajstić information content (AvgIpc) is 3.47. The van der Waals surface area contributed by atoms with Gasteiger partial charge in [0.2, 0.25) is 5.91 Å². The number of carbonyl (C=O) groups is 3. The van der Waals surface area contributed by atoms with Crippen molar-refractivity contribution in [2.45, 2.75) is 12.3 Å². The summed E-state index contributed by atoms with van der Waals surface area (Å²) in [6.45, 7) is 0.226. The van der Waals surface area contributed by atoms with Gasteiger partial charge >= 0.3 is 0 Å². The van der Waals surface area contributed by atoms with Crippen LogP contribution in [0.3, 0.4) is 0 Å². The number of carbonyl (C=O) groups excluding carboxylic acids is 3. The van der Waals surface area contributed by atoms with Gasteiger partial charge in [0, 0.05) is 29.6 Å². The molecule has 0 radical (unpaired) electrons. The van der Waals surface area contributed by atoms with Crippen LogP contribution in [-0.2, 0) is 9.59 Å². The second-order valence-electron chi connectivity index (χ2n) is 7.12. The Hall–Kier alpha value is -2.64. The van der Waals surface area contributed by atoms with Crippen molar-refractivity contribution in [2.24, 2.45) is 5.92 Å². The Labute approximate surface area is 182 Å². The van der Waals surface area contributed by atoms with Gasteiger partial charge in [-0.1, -0.05) is 48.0 Å². The van der Waals surface area contributed by atoms with Gasteiger partial charge < -0.3 is 5.32 Å². The van der Waals surface area contributed by atoms with Crippen molar-refractivity contribution >= 4 is 46.5 Å². The first-order valence-electron chi connectivity index (χ1n) is 9.47. The van der Waals surface area contributed by atoms with Crippen molar-refractivity contribution in [3.8, 4) is 0 Å². The minimum absolute atomic E-state index is 0.0640. The fourth-order valence-corrected chi connectivity index (χ4v) is 4.58. The number of halogens is 2. The largest absolute Gasteiger partial charge is 0.354 e. The van der Waals surface area contributed by atoms with E-state index in [0.717, 1.165) is 28.6 Å². The van der Waals surface area contributed by atoms with E-state index in [1.807, 2.05) is 18.2 Å². The molecule has 1 saturated carbocycles. The summed E-state index contributed by atoms with van der Waals surface area (Å²) in [7, 11) is 0. The SMILES string of the molecule is O=C(NCCN1C(=O)S/C(=C/c2ccccc2F)C1=O)C1CC1c1ccccc1Cl. The monoisotopic (exact) mass is 444 g/mol. The van der Waals surface area contributed by atoms with Crippen LogP contribution >= 0.6 is 23.4 Å². The van der Waals surface area contributed by atoms with Gasteiger partial charge in [-0.3, -0.25) is 19.3 Å². The first-order valence-corrected chi connectivity index (χ1v) is 10.7. The summed E-state index contributed by atoms with van der Waals surface area (Å²) < 4.78 is 13.8. The van der Waals surface area contributed by atoms with Crippen molar-refractivity contribution in [2.75, 3.05) is 13.1 Å². The third-order valence-corrected chi connectivity index (χ3v) is 6.38. The fourth-order valence-electron chi connectivity index (χ4n) is 3.45. The summed E-state index contributed by atoms with van der Waals surface area (Å²) in [6.07, 6.45) is 2.10. The Morgan fingerprint density at radius 3 is 2.70 bits per heavy atom. The molecule has 1 N–H and O–H groups in total. The third-order valence-electron chi connectivity index (χ3n) is 5.13. The molecule has 1 saturated heterocycles. The minimum atomic E-state index is -0.483. The van der Waals surface area contributed by atoms with Gasteiger partial charge in [0.25, 0.3) is 11.1 Å². The number of hydrogen-bond donors (Lipinski definition) is 1. The fraction of sp³-hybridized carbons (Fsp3) is 0.227. The molecular formula is C22H18ClFN2O3S. The molecule has 1 aliphatic carbocycles. The van der Waals surface area contributed by atoms with Gasteiger partial charge in [0.15, 0.2) is 0 Å². The minimum Gasteiger partial charge on any atom is -0.354 e. The van der Waals surface area contributed by atoms with Crippen LogP contribution < -0.4 is 5.32 Å². The van der Waals surface area contributed by atoms with Crippen molar-refractivity contribution in [3.05, 3.63) is 75.4 Å². The molecule has 2 aromatic carbocycles. The first-order chi connectivity index (χ1) is 14.5. The van der Waals surface area contributed by atoms with Crippen LogP contribution in [0.4, 0.5) is 9.18 Å². The van der Waals surface area contributed by atoms with Crippen LogP contribution in [0.1, 0.15) is 23.5 Å². The zero-order chi connectivity index (χ0) is 21.3. The molecule has 30 heavy (non-hydrogen) atoms. The number of benzene rings is 2. The third kappa shape index (κ3) is 4.27. The summed E-state index contributed by atoms with van der Waals surface area (Å²) in [6, 6.07) is 13.5. The summed E-state index contributed by atoms with van der Waals surface area (Å²) in [5, 5.41) is 3.01. The number of imide groups is 1. The molecule has 5 nitrogen and oxygen atoms in total. The highest BCUT2D eigenvalue weighted by atomic mass is 35.5. The van der Waals surface area contributed by atoms with E-state index in [1.165, 1.54) is 18.2 Å². The second kappa shape index (κ2) is 8.62. The molecule has 154 valence electrons. The van der Waals surface area contributed by atoms with E-state index >= 15 is 0 Å². The predicted octanol–water partition coefficient (Wildman–Crippen LogP) is 4.44. The van der Waals surface area contributed by atoms with Gasteiger partial charge in [-0.05, 0) is 47.9 Å². The molecule has 2 atom stereocenters. The lowest BCUT2D eigenvalue weighted by Gasteiger charge is -2.13. The molecule has 2 aliphatic rings. The Morgan fingerprint density at radius 2 is 1.93 bits per heavy atom. The molecule has 4 rings (SSSR count). The van der Waals surface area contributed by atoms with Crippen LogP contribution in [0.5, 0.6) is 0 Å². The lowest BCUT2D eigenvalue weighted by atomic mass is 10.1. The zero-order valence-corrected chi connectivity index (χ0v) is 17.4. The Balaban J connectivity index is 1.31. The van der Waals surface area contributed by atoms with Crippen LogP contribution in [0, 0.1) is 11.7 Å². The molecule has 8 heteroatoms. The van der Waals surface area contributed by atoms with Crippen LogP contribution in [0.2, 0.25) is 5.02 Å². The maximum atomic E-state index is 13.8. The van der Waals surface area contributed by atoms with Crippen molar-refractivity contribution in [1.82, 2.24) is 10.2 Å².